The van der Waals surface area contributed by atoms with E-state index in [1.165, 1.54) is 17.0 Å². The molecule has 1 N–H and O–H groups in total. The molecule has 0 bridgehead atoms. The van der Waals surface area contributed by atoms with E-state index in [2.05, 4.69) is 5.32 Å². The van der Waals surface area contributed by atoms with Crippen LogP contribution in [0.4, 0.5) is 8.78 Å². The highest BCUT2D eigenvalue weighted by Gasteiger charge is 2.34. The predicted octanol–water partition coefficient (Wildman–Crippen LogP) is 0.942. The third-order valence-corrected chi connectivity index (χ3v) is 3.24. The summed E-state index contributed by atoms with van der Waals surface area (Å²) in [5, 5.41) is 2.97. The Morgan fingerprint density at radius 2 is 2.19 bits per heavy atom. The smallest absolute Gasteiger partial charge is 0.330 e. The molecule has 114 valence electrons. The Labute approximate surface area is 120 Å². The first-order valence-electron chi connectivity index (χ1n) is 6.68. The second kappa shape index (κ2) is 6.62. The van der Waals surface area contributed by atoms with Crippen LogP contribution in [0.15, 0.2) is 18.2 Å². The number of nitrogens with zero attached hydrogens (tertiary/aromatic N) is 1. The molecular formula is C14H16F2N2O3. The number of piperazine rings is 1. The van der Waals surface area contributed by atoms with E-state index < -0.39 is 29.6 Å². The minimum atomic E-state index is -1.20. The molecule has 0 radical (unpaired) electrons. The molecule has 21 heavy (non-hydrogen) atoms. The van der Waals surface area contributed by atoms with Gasteiger partial charge in [-0.25, -0.2) is 13.6 Å². The number of carbonyl (C=O) groups excluding carboxylic acids is 2. The number of nitrogens with one attached hydrogen (secondary N) is 1. The topological polar surface area (TPSA) is 58.6 Å². The Bertz CT molecular complexity index is 551. The largest absolute Gasteiger partial charge is 0.464 e. The minimum absolute atomic E-state index is 0.186. The normalized spacial score (nSPS) is 18.4. The van der Waals surface area contributed by atoms with Crippen LogP contribution in [0.5, 0.6) is 0 Å². The van der Waals surface area contributed by atoms with Crippen LogP contribution in [-0.2, 0) is 9.53 Å². The lowest BCUT2D eigenvalue weighted by Crippen LogP contribution is -2.57. The summed E-state index contributed by atoms with van der Waals surface area (Å²) in [6.07, 6.45) is 0. The minimum Gasteiger partial charge on any atom is -0.464 e. The van der Waals surface area contributed by atoms with Crippen molar-refractivity contribution in [3.8, 4) is 0 Å². The summed E-state index contributed by atoms with van der Waals surface area (Å²) in [6, 6.07) is 2.55. The number of amides is 1. The van der Waals surface area contributed by atoms with Gasteiger partial charge in [0.25, 0.3) is 5.91 Å². The van der Waals surface area contributed by atoms with Gasteiger partial charge in [0.1, 0.15) is 6.04 Å². The molecule has 0 saturated carbocycles. The molecule has 1 aliphatic heterocycles. The molecule has 2 rings (SSSR count). The van der Waals surface area contributed by atoms with Crippen LogP contribution in [0.3, 0.4) is 0 Å². The summed E-state index contributed by atoms with van der Waals surface area (Å²) in [4.78, 5) is 25.5. The maximum Gasteiger partial charge on any atom is 0.330 e. The van der Waals surface area contributed by atoms with Crippen molar-refractivity contribution in [1.82, 2.24) is 10.2 Å². The molecule has 1 aliphatic rings. The molecular weight excluding hydrogens is 282 g/mol. The Morgan fingerprint density at radius 1 is 1.43 bits per heavy atom. The van der Waals surface area contributed by atoms with Crippen molar-refractivity contribution >= 4 is 11.9 Å². The van der Waals surface area contributed by atoms with Crippen LogP contribution in [0, 0.1) is 11.6 Å². The summed E-state index contributed by atoms with van der Waals surface area (Å²) in [7, 11) is 0. The summed E-state index contributed by atoms with van der Waals surface area (Å²) in [6.45, 7) is 2.76. The van der Waals surface area contributed by atoms with Crippen LogP contribution in [0.2, 0.25) is 0 Å². The molecule has 0 aromatic heterocycles. The SMILES string of the molecule is CCOC(=O)C1CNCCN1C(=O)c1cccc(F)c1F. The zero-order chi connectivity index (χ0) is 15.4. The van der Waals surface area contributed by atoms with E-state index >= 15 is 0 Å². The van der Waals surface area contributed by atoms with Crippen LogP contribution in [0.1, 0.15) is 17.3 Å². The zero-order valence-corrected chi connectivity index (χ0v) is 11.6. The van der Waals surface area contributed by atoms with Gasteiger partial charge in [-0.2, -0.15) is 0 Å². The fraction of sp³-hybridized carbons (Fsp3) is 0.429. The molecule has 1 heterocycles. The molecule has 0 spiro atoms. The van der Waals surface area contributed by atoms with Gasteiger partial charge in [-0.05, 0) is 19.1 Å². The van der Waals surface area contributed by atoms with Gasteiger partial charge in [-0.1, -0.05) is 6.07 Å². The van der Waals surface area contributed by atoms with Gasteiger partial charge in [0.2, 0.25) is 0 Å². The van der Waals surface area contributed by atoms with Crippen molar-refractivity contribution < 1.29 is 23.1 Å². The first-order chi connectivity index (χ1) is 10.1. The van der Waals surface area contributed by atoms with E-state index in [-0.39, 0.29) is 25.3 Å². The number of benzene rings is 1. The number of ether oxygens (including phenoxy) is 1. The molecule has 1 atom stereocenters. The first-order valence-corrected chi connectivity index (χ1v) is 6.68. The molecule has 1 aromatic rings. The standard InChI is InChI=1S/C14H16F2N2O3/c1-2-21-14(20)11-8-17-6-7-18(11)13(19)9-4-3-5-10(15)12(9)16/h3-5,11,17H,2,6-8H2,1H3. The third kappa shape index (κ3) is 3.18. The monoisotopic (exact) mass is 298 g/mol. The van der Waals surface area contributed by atoms with Gasteiger partial charge in [-0.3, -0.25) is 4.79 Å². The van der Waals surface area contributed by atoms with Crippen LogP contribution in [-0.4, -0.2) is 49.1 Å². The molecule has 1 unspecified atom stereocenters. The summed E-state index contributed by atoms with van der Waals surface area (Å²) in [5.41, 5.74) is -0.383. The van der Waals surface area contributed by atoms with Gasteiger partial charge < -0.3 is 15.0 Å². The highest BCUT2D eigenvalue weighted by atomic mass is 19.2. The predicted molar refractivity (Wildman–Crippen MR) is 70.7 cm³/mol. The van der Waals surface area contributed by atoms with E-state index in [0.717, 1.165) is 6.07 Å². The molecule has 5 nitrogen and oxygen atoms in total. The van der Waals surface area contributed by atoms with Gasteiger partial charge in [-0.15, -0.1) is 0 Å². The molecule has 7 heteroatoms. The molecule has 0 aliphatic carbocycles. The second-order valence-corrected chi connectivity index (χ2v) is 4.57. The fourth-order valence-electron chi connectivity index (χ4n) is 2.22. The van der Waals surface area contributed by atoms with Crippen molar-refractivity contribution in [2.75, 3.05) is 26.2 Å². The summed E-state index contributed by atoms with van der Waals surface area (Å²) < 4.78 is 31.9. The lowest BCUT2D eigenvalue weighted by atomic mass is 10.1. The first kappa shape index (κ1) is 15.4. The Morgan fingerprint density at radius 3 is 2.90 bits per heavy atom. The Kier molecular flexibility index (Phi) is 4.85. The van der Waals surface area contributed by atoms with E-state index in [1.807, 2.05) is 0 Å². The summed E-state index contributed by atoms with van der Waals surface area (Å²) in [5.74, 6) is -3.58. The van der Waals surface area contributed by atoms with Gasteiger partial charge >= 0.3 is 5.97 Å². The lowest BCUT2D eigenvalue weighted by Gasteiger charge is -2.34. The third-order valence-electron chi connectivity index (χ3n) is 3.24. The van der Waals surface area contributed by atoms with Gasteiger partial charge in [0, 0.05) is 19.6 Å². The molecule has 1 fully saturated rings. The van der Waals surface area contributed by atoms with Crippen molar-refractivity contribution in [3.63, 3.8) is 0 Å². The number of rotatable bonds is 3. The average molecular weight is 298 g/mol. The number of hydrogen-bond donors (Lipinski definition) is 1. The zero-order valence-electron chi connectivity index (χ0n) is 11.6. The number of carbonyl (C=O) groups is 2. The van der Waals surface area contributed by atoms with E-state index in [4.69, 9.17) is 4.74 Å². The maximum absolute atomic E-state index is 13.7. The van der Waals surface area contributed by atoms with Crippen LogP contribution < -0.4 is 5.32 Å². The highest BCUT2D eigenvalue weighted by molar-refractivity contribution is 5.97. The molecule has 1 saturated heterocycles. The lowest BCUT2D eigenvalue weighted by molar-refractivity contribution is -0.149. The number of halogens is 2. The summed E-state index contributed by atoms with van der Waals surface area (Å²) >= 11 is 0. The van der Waals surface area contributed by atoms with E-state index in [0.29, 0.717) is 6.54 Å². The van der Waals surface area contributed by atoms with E-state index in [9.17, 15) is 18.4 Å². The van der Waals surface area contributed by atoms with Crippen molar-refractivity contribution in [3.05, 3.63) is 35.4 Å². The molecule has 1 amide bonds. The Balaban J connectivity index is 2.26. The number of hydrogen-bond acceptors (Lipinski definition) is 4. The maximum atomic E-state index is 13.7. The van der Waals surface area contributed by atoms with Gasteiger partial charge in [0.15, 0.2) is 11.6 Å². The Hall–Kier alpha value is -2.02. The molecule has 1 aromatic carbocycles. The highest BCUT2D eigenvalue weighted by Crippen LogP contribution is 2.17. The fourth-order valence-corrected chi connectivity index (χ4v) is 2.22. The van der Waals surface area contributed by atoms with Gasteiger partial charge in [0.05, 0.1) is 12.2 Å². The second-order valence-electron chi connectivity index (χ2n) is 4.57. The van der Waals surface area contributed by atoms with E-state index in [1.54, 1.807) is 6.92 Å². The van der Waals surface area contributed by atoms with Crippen LogP contribution in [0.25, 0.3) is 0 Å². The number of esters is 1. The average Bonchev–Trinajstić information content (AvgIpc) is 2.49. The van der Waals surface area contributed by atoms with Crippen molar-refractivity contribution in [2.45, 2.75) is 13.0 Å². The van der Waals surface area contributed by atoms with Crippen molar-refractivity contribution in [1.29, 1.82) is 0 Å². The quantitative estimate of drug-likeness (QED) is 0.844. The van der Waals surface area contributed by atoms with Crippen molar-refractivity contribution in [2.24, 2.45) is 0 Å². The van der Waals surface area contributed by atoms with Crippen LogP contribution >= 0.6 is 0 Å².